The number of anilines is 3. The van der Waals surface area contributed by atoms with Crippen molar-refractivity contribution in [2.75, 3.05) is 4.90 Å². The van der Waals surface area contributed by atoms with Crippen molar-refractivity contribution in [1.29, 1.82) is 0 Å². The first-order chi connectivity index (χ1) is 23.8. The van der Waals surface area contributed by atoms with Crippen molar-refractivity contribution in [2.24, 2.45) is 0 Å². The van der Waals surface area contributed by atoms with Crippen molar-refractivity contribution in [3.8, 4) is 11.1 Å². The molecule has 0 bridgehead atoms. The van der Waals surface area contributed by atoms with Crippen LogP contribution in [0.2, 0.25) is 0 Å². The summed E-state index contributed by atoms with van der Waals surface area (Å²) >= 11 is 1.89. The van der Waals surface area contributed by atoms with Crippen LogP contribution in [0.25, 0.3) is 74.4 Å². The van der Waals surface area contributed by atoms with Gasteiger partial charge < -0.3 is 4.90 Å². The molecule has 0 aliphatic carbocycles. The number of hydrogen-bond donors (Lipinski definition) is 0. The van der Waals surface area contributed by atoms with Gasteiger partial charge in [-0.15, -0.1) is 11.3 Å². The first-order valence-electron chi connectivity index (χ1n) is 16.4. The molecule has 0 radical (unpaired) electrons. The lowest BCUT2D eigenvalue weighted by molar-refractivity contribution is 1.29. The average molecular weight is 628 g/mol. The molecule has 48 heavy (non-hydrogen) atoms. The Bertz CT molecular complexity index is 2820. The third kappa shape index (κ3) is 4.24. The molecule has 0 saturated heterocycles. The molecule has 0 fully saturated rings. The van der Waals surface area contributed by atoms with E-state index in [0.717, 1.165) is 17.1 Å². The number of nitrogens with zero attached hydrogens (tertiary/aromatic N) is 1. The SMILES string of the molecule is c1ccc(N(c2ccc(-c3cccc4ccc5ccc6ccccc6c5c34)cc2)c2ccc3c(c2)sc2c4ccccc4ccc32)cc1. The minimum absolute atomic E-state index is 1.13. The minimum atomic E-state index is 1.13. The molecule has 0 aliphatic heterocycles. The van der Waals surface area contributed by atoms with Crippen LogP contribution in [0.3, 0.4) is 0 Å². The summed E-state index contributed by atoms with van der Waals surface area (Å²) in [6, 6.07) is 64.4. The van der Waals surface area contributed by atoms with E-state index in [9.17, 15) is 0 Å². The van der Waals surface area contributed by atoms with Crippen molar-refractivity contribution in [1.82, 2.24) is 0 Å². The van der Waals surface area contributed by atoms with E-state index in [0.29, 0.717) is 0 Å². The summed E-state index contributed by atoms with van der Waals surface area (Å²) in [4.78, 5) is 2.37. The fourth-order valence-electron chi connectivity index (χ4n) is 7.56. The Morgan fingerprint density at radius 2 is 0.938 bits per heavy atom. The molecule has 0 aliphatic rings. The normalized spacial score (nSPS) is 11.8. The molecule has 0 spiro atoms. The van der Waals surface area contributed by atoms with Crippen LogP contribution in [0, 0.1) is 0 Å². The predicted octanol–water partition coefficient (Wildman–Crippen LogP) is 13.8. The lowest BCUT2D eigenvalue weighted by Crippen LogP contribution is -2.09. The van der Waals surface area contributed by atoms with Crippen LogP contribution in [0.4, 0.5) is 17.1 Å². The summed E-state index contributed by atoms with van der Waals surface area (Å²) in [6.07, 6.45) is 0. The highest BCUT2D eigenvalue weighted by molar-refractivity contribution is 7.26. The van der Waals surface area contributed by atoms with Crippen LogP contribution in [0.5, 0.6) is 0 Å². The number of rotatable bonds is 4. The van der Waals surface area contributed by atoms with E-state index < -0.39 is 0 Å². The van der Waals surface area contributed by atoms with E-state index in [1.54, 1.807) is 0 Å². The van der Waals surface area contributed by atoms with Gasteiger partial charge in [0.05, 0.1) is 0 Å². The van der Waals surface area contributed by atoms with Gasteiger partial charge in [-0.3, -0.25) is 0 Å². The molecule has 0 atom stereocenters. The van der Waals surface area contributed by atoms with Gasteiger partial charge in [0.15, 0.2) is 0 Å². The molecule has 0 amide bonds. The van der Waals surface area contributed by atoms with Gasteiger partial charge in [0.1, 0.15) is 0 Å². The lowest BCUT2D eigenvalue weighted by Gasteiger charge is -2.26. The number of hydrogen-bond acceptors (Lipinski definition) is 2. The van der Waals surface area contributed by atoms with Gasteiger partial charge >= 0.3 is 0 Å². The van der Waals surface area contributed by atoms with Crippen LogP contribution < -0.4 is 4.90 Å². The van der Waals surface area contributed by atoms with Gasteiger partial charge in [-0.25, -0.2) is 0 Å². The van der Waals surface area contributed by atoms with Crippen LogP contribution in [0.15, 0.2) is 176 Å². The average Bonchev–Trinajstić information content (AvgIpc) is 3.54. The highest BCUT2D eigenvalue weighted by atomic mass is 32.1. The van der Waals surface area contributed by atoms with Crippen molar-refractivity contribution < 1.29 is 0 Å². The summed E-state index contributed by atoms with van der Waals surface area (Å²) in [5.74, 6) is 0. The van der Waals surface area contributed by atoms with Crippen LogP contribution in [0.1, 0.15) is 0 Å². The quantitative estimate of drug-likeness (QED) is 0.176. The number of benzene rings is 9. The van der Waals surface area contributed by atoms with E-state index in [1.165, 1.54) is 74.4 Å². The Kier molecular flexibility index (Phi) is 6.12. The lowest BCUT2D eigenvalue weighted by atomic mass is 9.91. The maximum atomic E-state index is 2.37. The molecule has 1 nitrogen and oxygen atoms in total. The van der Waals surface area contributed by atoms with Gasteiger partial charge in [0, 0.05) is 37.2 Å². The van der Waals surface area contributed by atoms with Crippen LogP contribution in [-0.4, -0.2) is 0 Å². The second kappa shape index (κ2) is 10.8. The van der Waals surface area contributed by atoms with Gasteiger partial charge in [-0.2, -0.15) is 0 Å². The van der Waals surface area contributed by atoms with Crippen LogP contribution in [-0.2, 0) is 0 Å². The Morgan fingerprint density at radius 1 is 0.354 bits per heavy atom. The zero-order chi connectivity index (χ0) is 31.6. The third-order valence-corrected chi connectivity index (χ3v) is 11.0. The minimum Gasteiger partial charge on any atom is -0.310 e. The molecule has 1 heterocycles. The Morgan fingerprint density at radius 3 is 1.75 bits per heavy atom. The maximum absolute atomic E-state index is 2.37. The van der Waals surface area contributed by atoms with Crippen molar-refractivity contribution in [3.63, 3.8) is 0 Å². The van der Waals surface area contributed by atoms with Crippen molar-refractivity contribution in [2.45, 2.75) is 0 Å². The molecule has 9 aromatic carbocycles. The number of thiophene rings is 1. The zero-order valence-electron chi connectivity index (χ0n) is 26.1. The van der Waals surface area contributed by atoms with Gasteiger partial charge in [0.2, 0.25) is 0 Å². The van der Waals surface area contributed by atoms with E-state index in [4.69, 9.17) is 0 Å². The smallest absolute Gasteiger partial charge is 0.0476 e. The first-order valence-corrected chi connectivity index (χ1v) is 17.2. The molecule has 0 unspecified atom stereocenters. The van der Waals surface area contributed by atoms with E-state index in [1.807, 2.05) is 11.3 Å². The summed E-state index contributed by atoms with van der Waals surface area (Å²) in [5, 5.41) is 13.0. The van der Waals surface area contributed by atoms with Crippen molar-refractivity contribution >= 4 is 91.7 Å². The topological polar surface area (TPSA) is 3.24 Å². The molecule has 0 N–H and O–H groups in total. The largest absolute Gasteiger partial charge is 0.310 e. The fraction of sp³-hybridized carbons (Fsp3) is 0. The Balaban J connectivity index is 1.13. The number of para-hydroxylation sites is 1. The fourth-order valence-corrected chi connectivity index (χ4v) is 8.83. The summed E-state index contributed by atoms with van der Waals surface area (Å²) in [6.45, 7) is 0. The first kappa shape index (κ1) is 27.2. The van der Waals surface area contributed by atoms with Crippen molar-refractivity contribution in [3.05, 3.63) is 176 Å². The highest BCUT2D eigenvalue weighted by Crippen LogP contribution is 2.44. The summed E-state index contributed by atoms with van der Waals surface area (Å²) < 4.78 is 2.65. The molecule has 2 heteroatoms. The predicted molar refractivity (Wildman–Crippen MR) is 209 cm³/mol. The number of fused-ring (bicyclic) bond motifs is 10. The molecule has 10 aromatic rings. The molecule has 224 valence electrons. The van der Waals surface area contributed by atoms with E-state index >= 15 is 0 Å². The highest BCUT2D eigenvalue weighted by Gasteiger charge is 2.17. The molecular weight excluding hydrogens is 599 g/mol. The third-order valence-electron chi connectivity index (χ3n) is 9.81. The maximum Gasteiger partial charge on any atom is 0.0476 e. The molecule has 10 rings (SSSR count). The molecular formula is C46H29NS. The zero-order valence-corrected chi connectivity index (χ0v) is 26.9. The van der Waals surface area contributed by atoms with E-state index in [2.05, 4.69) is 181 Å². The van der Waals surface area contributed by atoms with Crippen LogP contribution >= 0.6 is 11.3 Å². The second-order valence-corrected chi connectivity index (χ2v) is 13.6. The van der Waals surface area contributed by atoms with E-state index in [-0.39, 0.29) is 0 Å². The van der Waals surface area contributed by atoms with Gasteiger partial charge in [0.25, 0.3) is 0 Å². The Labute approximate surface area is 282 Å². The van der Waals surface area contributed by atoms with Gasteiger partial charge in [-0.1, -0.05) is 140 Å². The standard InChI is InChI=1S/C46H29NS/c1-2-12-35(13-3-1)47(37-26-28-41-42-27-23-31-10-5-7-15-40(31)46(42)48-43(41)29-37)36-24-21-32(22-25-36)39-16-8-11-33-19-20-34-18-17-30-9-4-6-14-38(30)45(34)44(33)39/h1-29H. The summed E-state index contributed by atoms with van der Waals surface area (Å²) in [5.41, 5.74) is 5.89. The molecule has 1 aromatic heterocycles. The monoisotopic (exact) mass is 627 g/mol. The van der Waals surface area contributed by atoms with Gasteiger partial charge in [-0.05, 0) is 90.6 Å². The molecule has 0 saturated carbocycles. The summed E-state index contributed by atoms with van der Waals surface area (Å²) in [7, 11) is 0. The Hall–Kier alpha value is -5.96. The second-order valence-electron chi connectivity index (χ2n) is 12.5.